The van der Waals surface area contributed by atoms with Gasteiger partial charge in [0.25, 0.3) is 11.8 Å². The van der Waals surface area contributed by atoms with E-state index in [2.05, 4.69) is 10.6 Å². The fourth-order valence-electron chi connectivity index (χ4n) is 3.83. The number of amides is 3. The molecule has 0 atom stereocenters. The Kier molecular flexibility index (Phi) is 6.03. The molecule has 0 bridgehead atoms. The van der Waals surface area contributed by atoms with E-state index in [0.717, 1.165) is 11.1 Å². The molecule has 0 saturated heterocycles. The molecule has 0 radical (unpaired) electrons. The summed E-state index contributed by atoms with van der Waals surface area (Å²) in [7, 11) is 0. The van der Waals surface area contributed by atoms with Gasteiger partial charge in [-0.15, -0.1) is 0 Å². The number of anilines is 3. The van der Waals surface area contributed by atoms with Crippen LogP contribution >= 0.6 is 11.6 Å². The summed E-state index contributed by atoms with van der Waals surface area (Å²) in [5.41, 5.74) is 4.69. The van der Waals surface area contributed by atoms with Gasteiger partial charge in [-0.1, -0.05) is 29.8 Å². The molecule has 2 N–H and O–H groups in total. The van der Waals surface area contributed by atoms with Gasteiger partial charge in [-0.3, -0.25) is 14.4 Å². The van der Waals surface area contributed by atoms with E-state index in [4.69, 9.17) is 11.6 Å². The number of hydrogen-bond acceptors (Lipinski definition) is 4. The Morgan fingerprint density at radius 1 is 0.818 bits per heavy atom. The standard InChI is InChI=1S/C26H22ClN3O3/c1-15-12-16(2)14-22(13-15)30-25(32)23(18-4-6-19(27)7-5-18)24(26(30)33)29-21-10-8-20(9-11-21)28-17(3)31/h4-14,29H,1-3H3,(H,28,31). The summed E-state index contributed by atoms with van der Waals surface area (Å²) in [5.74, 6) is -1.03. The third kappa shape index (κ3) is 4.66. The van der Waals surface area contributed by atoms with Crippen LogP contribution in [-0.4, -0.2) is 17.7 Å². The Morgan fingerprint density at radius 3 is 1.97 bits per heavy atom. The quantitative estimate of drug-likeness (QED) is 0.507. The summed E-state index contributed by atoms with van der Waals surface area (Å²) in [6.45, 7) is 5.27. The molecular weight excluding hydrogens is 438 g/mol. The number of rotatable bonds is 5. The molecule has 0 aliphatic carbocycles. The lowest BCUT2D eigenvalue weighted by molar-refractivity contribution is -0.120. The molecule has 0 saturated carbocycles. The smallest absolute Gasteiger partial charge is 0.282 e. The van der Waals surface area contributed by atoms with Crippen molar-refractivity contribution in [2.45, 2.75) is 20.8 Å². The van der Waals surface area contributed by atoms with Crippen LogP contribution in [0.1, 0.15) is 23.6 Å². The van der Waals surface area contributed by atoms with E-state index in [9.17, 15) is 14.4 Å². The predicted octanol–water partition coefficient (Wildman–Crippen LogP) is 5.31. The van der Waals surface area contributed by atoms with Gasteiger partial charge in [-0.25, -0.2) is 4.90 Å². The van der Waals surface area contributed by atoms with E-state index < -0.39 is 11.8 Å². The Morgan fingerprint density at radius 2 is 1.39 bits per heavy atom. The number of nitrogens with zero attached hydrogens (tertiary/aromatic N) is 1. The van der Waals surface area contributed by atoms with Crippen molar-refractivity contribution in [3.63, 3.8) is 0 Å². The second-order valence-electron chi connectivity index (χ2n) is 7.93. The minimum absolute atomic E-state index is 0.175. The third-order valence-corrected chi connectivity index (χ3v) is 5.41. The van der Waals surface area contributed by atoms with E-state index in [1.807, 2.05) is 32.0 Å². The van der Waals surface area contributed by atoms with Gasteiger partial charge < -0.3 is 10.6 Å². The van der Waals surface area contributed by atoms with Crippen LogP contribution in [-0.2, 0) is 14.4 Å². The van der Waals surface area contributed by atoms with Crippen molar-refractivity contribution in [3.8, 4) is 0 Å². The van der Waals surface area contributed by atoms with E-state index in [0.29, 0.717) is 27.6 Å². The minimum Gasteiger partial charge on any atom is -0.350 e. The maximum absolute atomic E-state index is 13.5. The highest BCUT2D eigenvalue weighted by Crippen LogP contribution is 2.35. The van der Waals surface area contributed by atoms with Crippen LogP contribution in [0.4, 0.5) is 17.1 Å². The Balaban J connectivity index is 1.76. The van der Waals surface area contributed by atoms with Crippen molar-refractivity contribution in [2.24, 2.45) is 0 Å². The molecule has 166 valence electrons. The fraction of sp³-hybridized carbons (Fsp3) is 0.115. The number of imide groups is 1. The van der Waals surface area contributed by atoms with Crippen molar-refractivity contribution in [1.29, 1.82) is 0 Å². The maximum atomic E-state index is 13.5. The molecular formula is C26H22ClN3O3. The highest BCUT2D eigenvalue weighted by atomic mass is 35.5. The van der Waals surface area contributed by atoms with Gasteiger partial charge in [0, 0.05) is 23.3 Å². The van der Waals surface area contributed by atoms with Gasteiger partial charge in [0.2, 0.25) is 5.91 Å². The highest BCUT2D eigenvalue weighted by Gasteiger charge is 2.40. The van der Waals surface area contributed by atoms with Crippen molar-refractivity contribution in [2.75, 3.05) is 15.5 Å². The van der Waals surface area contributed by atoms with Crippen LogP contribution in [0.15, 0.2) is 72.4 Å². The van der Waals surface area contributed by atoms with Crippen molar-refractivity contribution < 1.29 is 14.4 Å². The molecule has 6 nitrogen and oxygen atoms in total. The zero-order valence-corrected chi connectivity index (χ0v) is 19.2. The van der Waals surface area contributed by atoms with Gasteiger partial charge in [0.15, 0.2) is 0 Å². The number of hydrogen-bond donors (Lipinski definition) is 2. The average Bonchev–Trinajstić information content (AvgIpc) is 2.98. The van der Waals surface area contributed by atoms with Crippen molar-refractivity contribution in [3.05, 3.63) is 94.1 Å². The SMILES string of the molecule is CC(=O)Nc1ccc(NC2=C(c3ccc(Cl)cc3)C(=O)N(c3cc(C)cc(C)c3)C2=O)cc1. The number of nitrogens with one attached hydrogen (secondary N) is 2. The first kappa shape index (κ1) is 22.3. The fourth-order valence-corrected chi connectivity index (χ4v) is 3.95. The lowest BCUT2D eigenvalue weighted by Gasteiger charge is -2.17. The number of aryl methyl sites for hydroxylation is 2. The van der Waals surface area contributed by atoms with Gasteiger partial charge in [-0.2, -0.15) is 0 Å². The molecule has 3 aromatic carbocycles. The van der Waals surface area contributed by atoms with Gasteiger partial charge in [-0.05, 0) is 79.1 Å². The Hall–Kier alpha value is -3.90. The predicted molar refractivity (Wildman–Crippen MR) is 131 cm³/mol. The second kappa shape index (κ2) is 8.92. The Bertz CT molecular complexity index is 1280. The van der Waals surface area contributed by atoms with Crippen LogP contribution < -0.4 is 15.5 Å². The molecule has 3 amide bonds. The number of carbonyl (C=O) groups excluding carboxylic acids is 3. The molecule has 33 heavy (non-hydrogen) atoms. The second-order valence-corrected chi connectivity index (χ2v) is 8.37. The van der Waals surface area contributed by atoms with Crippen LogP contribution in [0, 0.1) is 13.8 Å². The first-order chi connectivity index (χ1) is 15.7. The molecule has 0 fully saturated rings. The van der Waals surface area contributed by atoms with Crippen LogP contribution in [0.2, 0.25) is 5.02 Å². The zero-order valence-electron chi connectivity index (χ0n) is 18.4. The van der Waals surface area contributed by atoms with Crippen LogP contribution in [0.5, 0.6) is 0 Å². The lowest BCUT2D eigenvalue weighted by Crippen LogP contribution is -2.32. The average molecular weight is 460 g/mol. The van der Waals surface area contributed by atoms with Crippen molar-refractivity contribution in [1.82, 2.24) is 0 Å². The summed E-state index contributed by atoms with van der Waals surface area (Å²) in [6, 6.07) is 19.3. The molecule has 1 aliphatic rings. The van der Waals surface area contributed by atoms with E-state index >= 15 is 0 Å². The molecule has 4 rings (SSSR count). The van der Waals surface area contributed by atoms with Gasteiger partial charge in [0.1, 0.15) is 5.70 Å². The summed E-state index contributed by atoms with van der Waals surface area (Å²) in [6.07, 6.45) is 0. The van der Waals surface area contributed by atoms with Gasteiger partial charge in [0.05, 0.1) is 11.3 Å². The molecule has 1 aliphatic heterocycles. The van der Waals surface area contributed by atoms with E-state index in [-0.39, 0.29) is 17.2 Å². The normalized spacial score (nSPS) is 13.5. The maximum Gasteiger partial charge on any atom is 0.282 e. The van der Waals surface area contributed by atoms with E-state index in [1.165, 1.54) is 11.8 Å². The Labute approximate surface area is 196 Å². The molecule has 0 unspecified atom stereocenters. The summed E-state index contributed by atoms with van der Waals surface area (Å²) in [5, 5.41) is 6.35. The monoisotopic (exact) mass is 459 g/mol. The molecule has 0 spiro atoms. The lowest BCUT2D eigenvalue weighted by atomic mass is 10.0. The van der Waals surface area contributed by atoms with Gasteiger partial charge >= 0.3 is 0 Å². The summed E-state index contributed by atoms with van der Waals surface area (Å²) in [4.78, 5) is 39.5. The number of benzene rings is 3. The topological polar surface area (TPSA) is 78.5 Å². The first-order valence-corrected chi connectivity index (χ1v) is 10.7. The molecule has 7 heteroatoms. The molecule has 1 heterocycles. The largest absolute Gasteiger partial charge is 0.350 e. The first-order valence-electron chi connectivity index (χ1n) is 10.3. The molecule has 3 aromatic rings. The minimum atomic E-state index is -0.444. The summed E-state index contributed by atoms with van der Waals surface area (Å²) >= 11 is 6.04. The third-order valence-electron chi connectivity index (χ3n) is 5.16. The van der Waals surface area contributed by atoms with Crippen molar-refractivity contribution >= 4 is 52.0 Å². The summed E-state index contributed by atoms with van der Waals surface area (Å²) < 4.78 is 0. The zero-order chi connectivity index (χ0) is 23.7. The van der Waals surface area contributed by atoms with Crippen LogP contribution in [0.25, 0.3) is 5.57 Å². The molecule has 0 aromatic heterocycles. The highest BCUT2D eigenvalue weighted by molar-refractivity contribution is 6.46. The number of carbonyl (C=O) groups is 3. The number of halogens is 1. The van der Waals surface area contributed by atoms with E-state index in [1.54, 1.807) is 48.5 Å². The van der Waals surface area contributed by atoms with Crippen LogP contribution in [0.3, 0.4) is 0 Å².